The molecule has 1 amide bonds. The Morgan fingerprint density at radius 1 is 1.04 bits per heavy atom. The van der Waals surface area contributed by atoms with E-state index in [0.717, 1.165) is 22.5 Å². The lowest BCUT2D eigenvalue weighted by Gasteiger charge is -2.05. The van der Waals surface area contributed by atoms with Crippen molar-refractivity contribution in [3.8, 4) is 11.3 Å². The molecule has 3 rings (SSSR count). The molecule has 0 unspecified atom stereocenters. The third kappa shape index (κ3) is 4.52. The number of benzene rings is 2. The van der Waals surface area contributed by atoms with E-state index in [4.69, 9.17) is 0 Å². The fourth-order valence-electron chi connectivity index (χ4n) is 2.56. The van der Waals surface area contributed by atoms with Crippen LogP contribution in [0.5, 0.6) is 0 Å². The number of hydrogen-bond donors (Lipinski definition) is 1. The van der Waals surface area contributed by atoms with E-state index in [1.807, 2.05) is 37.3 Å². The maximum Gasteiger partial charge on any atom is 0.241 e. The Morgan fingerprint density at radius 2 is 1.68 bits per heavy atom. The van der Waals surface area contributed by atoms with Crippen LogP contribution in [0.25, 0.3) is 11.3 Å². The molecule has 1 aromatic heterocycles. The highest BCUT2D eigenvalue weighted by Gasteiger charge is 2.22. The number of aromatic nitrogens is 1. The van der Waals surface area contributed by atoms with Gasteiger partial charge in [0.1, 0.15) is 5.75 Å². The fraction of sp³-hybridized carbons (Fsp3) is 0.150. The first-order valence-electron chi connectivity index (χ1n) is 8.43. The van der Waals surface area contributed by atoms with Crippen molar-refractivity contribution in [2.75, 3.05) is 11.1 Å². The van der Waals surface area contributed by atoms with Gasteiger partial charge >= 0.3 is 0 Å². The van der Waals surface area contributed by atoms with Crippen molar-refractivity contribution in [3.05, 3.63) is 65.0 Å². The number of amides is 1. The number of aryl methyl sites for hydroxylation is 1. The lowest BCUT2D eigenvalue weighted by molar-refractivity contribution is -0.113. The minimum absolute atomic E-state index is 0.0850. The summed E-state index contributed by atoms with van der Waals surface area (Å²) in [5.41, 5.74) is 2.14. The number of thiazole rings is 1. The third-order valence-corrected chi connectivity index (χ3v) is 6.65. The van der Waals surface area contributed by atoms with Gasteiger partial charge in [0, 0.05) is 12.5 Å². The highest BCUT2D eigenvalue weighted by atomic mass is 32.2. The number of sulfone groups is 1. The molecule has 8 heteroatoms. The molecular weight excluding hydrogens is 396 g/mol. The van der Waals surface area contributed by atoms with Gasteiger partial charge in [0.2, 0.25) is 5.91 Å². The first-order chi connectivity index (χ1) is 13.3. The zero-order chi connectivity index (χ0) is 20.3. The Bertz CT molecular complexity index is 1120. The second kappa shape index (κ2) is 8.04. The predicted octanol–water partition coefficient (Wildman–Crippen LogP) is 3.73. The summed E-state index contributed by atoms with van der Waals surface area (Å²) in [6.07, 6.45) is 0. The van der Waals surface area contributed by atoms with Crippen molar-refractivity contribution in [3.63, 3.8) is 0 Å². The van der Waals surface area contributed by atoms with Gasteiger partial charge < -0.3 is 5.32 Å². The van der Waals surface area contributed by atoms with Crippen LogP contribution >= 0.6 is 11.3 Å². The maximum absolute atomic E-state index is 12.4. The quantitative estimate of drug-likeness (QED) is 0.620. The smallest absolute Gasteiger partial charge is 0.241 e. The predicted molar refractivity (Wildman–Crippen MR) is 109 cm³/mol. The highest BCUT2D eigenvalue weighted by Crippen LogP contribution is 2.31. The number of rotatable bonds is 6. The second-order valence-electron chi connectivity index (χ2n) is 6.24. The first kappa shape index (κ1) is 19.9. The Hall–Kier alpha value is -2.84. The summed E-state index contributed by atoms with van der Waals surface area (Å²) in [7, 11) is -3.77. The van der Waals surface area contributed by atoms with Gasteiger partial charge in [-0.25, -0.2) is 13.4 Å². The van der Waals surface area contributed by atoms with Crippen LogP contribution in [0.2, 0.25) is 0 Å². The molecule has 1 N–H and O–H groups in total. The molecule has 28 heavy (non-hydrogen) atoms. The van der Waals surface area contributed by atoms with Crippen molar-refractivity contribution < 1.29 is 18.0 Å². The number of Topliss-reactive ketones (excluding diaryl/α,β-unsaturated/α-hetero) is 1. The Kier molecular flexibility index (Phi) is 5.71. The van der Waals surface area contributed by atoms with Crippen LogP contribution in [0, 0.1) is 6.92 Å². The number of ketones is 1. The molecule has 0 fully saturated rings. The van der Waals surface area contributed by atoms with Crippen LogP contribution in [-0.4, -0.2) is 30.8 Å². The van der Waals surface area contributed by atoms with Crippen molar-refractivity contribution in [1.29, 1.82) is 0 Å². The van der Waals surface area contributed by atoms with Crippen molar-refractivity contribution in [2.45, 2.75) is 18.7 Å². The molecule has 0 saturated heterocycles. The standard InChI is InChI=1S/C20H18N2O4S2/c1-13-8-10-16(11-9-13)28(25,26)12-17(24)21-20-22-18(19(27-20)14(2)23)15-6-4-3-5-7-15/h3-11H,12H2,1-2H3,(H,21,22,24). The van der Waals surface area contributed by atoms with Crippen molar-refractivity contribution >= 4 is 38.0 Å². The average molecular weight is 415 g/mol. The molecule has 0 bridgehead atoms. The van der Waals surface area contributed by atoms with Gasteiger partial charge in [-0.2, -0.15) is 0 Å². The van der Waals surface area contributed by atoms with E-state index in [1.54, 1.807) is 12.1 Å². The summed E-state index contributed by atoms with van der Waals surface area (Å²) in [5.74, 6) is -1.58. The van der Waals surface area contributed by atoms with E-state index in [9.17, 15) is 18.0 Å². The molecule has 0 aliphatic rings. The molecule has 2 aromatic carbocycles. The monoisotopic (exact) mass is 414 g/mol. The number of nitrogens with zero attached hydrogens (tertiary/aromatic N) is 1. The Morgan fingerprint density at radius 3 is 2.29 bits per heavy atom. The summed E-state index contributed by atoms with van der Waals surface area (Å²) in [6, 6.07) is 15.4. The van der Waals surface area contributed by atoms with Crippen LogP contribution in [0.1, 0.15) is 22.2 Å². The van der Waals surface area contributed by atoms with Crippen LogP contribution in [-0.2, 0) is 14.6 Å². The molecule has 3 aromatic rings. The van der Waals surface area contributed by atoms with Crippen LogP contribution in [0.3, 0.4) is 0 Å². The van der Waals surface area contributed by atoms with Gasteiger partial charge in [0.25, 0.3) is 0 Å². The maximum atomic E-state index is 12.4. The number of anilines is 1. The topological polar surface area (TPSA) is 93.2 Å². The van der Waals surface area contributed by atoms with Gasteiger partial charge in [-0.1, -0.05) is 59.4 Å². The summed E-state index contributed by atoms with van der Waals surface area (Å²) >= 11 is 1.03. The Balaban J connectivity index is 1.81. The summed E-state index contributed by atoms with van der Waals surface area (Å²) in [4.78, 5) is 29.0. The second-order valence-corrected chi connectivity index (χ2v) is 9.23. The lowest BCUT2D eigenvalue weighted by atomic mass is 10.1. The van der Waals surface area contributed by atoms with E-state index < -0.39 is 21.5 Å². The first-order valence-corrected chi connectivity index (χ1v) is 10.9. The molecule has 0 saturated carbocycles. The molecule has 1 heterocycles. The van der Waals surface area contributed by atoms with E-state index in [-0.39, 0.29) is 15.8 Å². The van der Waals surface area contributed by atoms with E-state index in [0.29, 0.717) is 10.6 Å². The van der Waals surface area contributed by atoms with Gasteiger partial charge in [0.15, 0.2) is 20.8 Å². The molecule has 0 aliphatic carbocycles. The normalized spacial score (nSPS) is 11.2. The van der Waals surface area contributed by atoms with Gasteiger partial charge in [-0.3, -0.25) is 9.59 Å². The summed E-state index contributed by atoms with van der Waals surface area (Å²) < 4.78 is 24.8. The summed E-state index contributed by atoms with van der Waals surface area (Å²) in [5, 5.41) is 2.69. The minimum Gasteiger partial charge on any atom is -0.301 e. The van der Waals surface area contributed by atoms with Gasteiger partial charge in [-0.15, -0.1) is 0 Å². The minimum atomic E-state index is -3.77. The van der Waals surface area contributed by atoms with E-state index in [1.165, 1.54) is 19.1 Å². The molecule has 0 radical (unpaired) electrons. The van der Waals surface area contributed by atoms with Crippen molar-refractivity contribution in [2.24, 2.45) is 0 Å². The number of carbonyl (C=O) groups is 2. The van der Waals surface area contributed by atoms with E-state index in [2.05, 4.69) is 10.3 Å². The lowest BCUT2D eigenvalue weighted by Crippen LogP contribution is -2.23. The molecule has 6 nitrogen and oxygen atoms in total. The Labute approximate surface area is 167 Å². The largest absolute Gasteiger partial charge is 0.301 e. The number of carbonyl (C=O) groups excluding carboxylic acids is 2. The zero-order valence-corrected chi connectivity index (χ0v) is 16.9. The molecular formula is C20H18N2O4S2. The SMILES string of the molecule is CC(=O)c1sc(NC(=O)CS(=O)(=O)c2ccc(C)cc2)nc1-c1ccccc1. The van der Waals surface area contributed by atoms with Crippen LogP contribution in [0.15, 0.2) is 59.5 Å². The van der Waals surface area contributed by atoms with Gasteiger partial charge in [0.05, 0.1) is 15.5 Å². The number of hydrogen-bond acceptors (Lipinski definition) is 6. The molecule has 144 valence electrons. The van der Waals surface area contributed by atoms with E-state index >= 15 is 0 Å². The van der Waals surface area contributed by atoms with Gasteiger partial charge in [-0.05, 0) is 19.1 Å². The zero-order valence-electron chi connectivity index (χ0n) is 15.3. The van der Waals surface area contributed by atoms with Crippen LogP contribution < -0.4 is 5.32 Å². The fourth-order valence-corrected chi connectivity index (χ4v) is 4.59. The molecule has 0 spiro atoms. The third-order valence-electron chi connectivity index (χ3n) is 3.94. The van der Waals surface area contributed by atoms with Crippen molar-refractivity contribution in [1.82, 2.24) is 4.98 Å². The average Bonchev–Trinajstić information content (AvgIpc) is 3.06. The summed E-state index contributed by atoms with van der Waals surface area (Å²) in [6.45, 7) is 3.27. The van der Waals surface area contributed by atoms with Crippen LogP contribution in [0.4, 0.5) is 5.13 Å². The highest BCUT2D eigenvalue weighted by molar-refractivity contribution is 7.92. The molecule has 0 aliphatic heterocycles. The number of nitrogens with one attached hydrogen (secondary N) is 1. The molecule has 0 atom stereocenters.